The van der Waals surface area contributed by atoms with E-state index in [1.807, 2.05) is 0 Å². The molecule has 0 atom stereocenters. The normalized spacial score (nSPS) is 11.7. The van der Waals surface area contributed by atoms with E-state index < -0.39 is 35.4 Å². The summed E-state index contributed by atoms with van der Waals surface area (Å²) in [5.41, 5.74) is -1.95. The van der Waals surface area contributed by atoms with Crippen molar-refractivity contribution in [3.63, 3.8) is 0 Å². The zero-order valence-electron chi connectivity index (χ0n) is 8.47. The lowest BCUT2D eigenvalue weighted by Gasteiger charge is -2.15. The lowest BCUT2D eigenvalue weighted by Crippen LogP contribution is -2.19. The molecular formula is C9H5BrF5NO2. The maximum absolute atomic E-state index is 12.7. The predicted molar refractivity (Wildman–Crippen MR) is 53.9 cm³/mol. The number of ether oxygens (including phenoxy) is 1. The molecule has 0 saturated heterocycles. The van der Waals surface area contributed by atoms with Crippen LogP contribution >= 0.6 is 15.9 Å². The van der Waals surface area contributed by atoms with Crippen LogP contribution in [0.5, 0.6) is 5.75 Å². The topological polar surface area (TPSA) is 39.2 Å². The molecule has 0 saturated carbocycles. The molecule has 0 aliphatic heterocycles. The predicted octanol–water partition coefficient (Wildman–Crippen LogP) is 3.63. The molecule has 18 heavy (non-hydrogen) atoms. The molecule has 0 fully saturated rings. The molecule has 9 heteroatoms. The molecule has 0 aliphatic carbocycles. The number of halogens is 6. The van der Waals surface area contributed by atoms with Gasteiger partial charge in [-0.25, -0.2) is 13.8 Å². The Bertz CT molecular complexity index is 449. The van der Waals surface area contributed by atoms with Crippen LogP contribution in [0.4, 0.5) is 22.0 Å². The van der Waals surface area contributed by atoms with Gasteiger partial charge in [-0.3, -0.25) is 4.79 Å². The second kappa shape index (κ2) is 5.59. The zero-order valence-corrected chi connectivity index (χ0v) is 10.1. The highest BCUT2D eigenvalue weighted by molar-refractivity contribution is 9.08. The highest BCUT2D eigenvalue weighted by Gasteiger charge is 2.34. The minimum absolute atomic E-state index is 0.0466. The van der Waals surface area contributed by atoms with E-state index in [-0.39, 0.29) is 11.6 Å². The fraction of sp³-hybridized carbons (Fsp3) is 0.333. The SMILES string of the molecule is O=Cc1ncc(OC(F)(F)F)c(CBr)c1C(F)F. The van der Waals surface area contributed by atoms with Crippen LogP contribution in [0, 0.1) is 0 Å². The third-order valence-corrected chi connectivity index (χ3v) is 2.47. The van der Waals surface area contributed by atoms with Crippen LogP contribution in [0.2, 0.25) is 0 Å². The maximum Gasteiger partial charge on any atom is 0.573 e. The number of rotatable bonds is 4. The lowest BCUT2D eigenvalue weighted by molar-refractivity contribution is -0.275. The van der Waals surface area contributed by atoms with Gasteiger partial charge >= 0.3 is 6.36 Å². The Labute approximate surface area is 106 Å². The first-order valence-electron chi connectivity index (χ1n) is 4.37. The summed E-state index contributed by atoms with van der Waals surface area (Å²) < 4.78 is 65.2. The molecule has 0 radical (unpaired) electrons. The van der Waals surface area contributed by atoms with Gasteiger partial charge < -0.3 is 4.74 Å². The van der Waals surface area contributed by atoms with Crippen LogP contribution in [-0.2, 0) is 5.33 Å². The summed E-state index contributed by atoms with van der Waals surface area (Å²) in [6, 6.07) is 0. The van der Waals surface area contributed by atoms with Gasteiger partial charge in [0, 0.05) is 10.9 Å². The van der Waals surface area contributed by atoms with Crippen molar-refractivity contribution in [3.05, 3.63) is 23.0 Å². The maximum atomic E-state index is 12.7. The molecule has 0 aliphatic rings. The molecule has 0 N–H and O–H groups in total. The zero-order chi connectivity index (χ0) is 13.9. The largest absolute Gasteiger partial charge is 0.573 e. The molecular weight excluding hydrogens is 329 g/mol. The summed E-state index contributed by atoms with van der Waals surface area (Å²) in [5.74, 6) is -0.861. The van der Waals surface area contributed by atoms with Crippen LogP contribution in [0.15, 0.2) is 6.20 Å². The molecule has 0 spiro atoms. The van der Waals surface area contributed by atoms with Gasteiger partial charge in [-0.15, -0.1) is 13.2 Å². The summed E-state index contributed by atoms with van der Waals surface area (Å²) in [6.07, 6.45) is -7.53. The Morgan fingerprint density at radius 3 is 2.44 bits per heavy atom. The highest BCUT2D eigenvalue weighted by Crippen LogP contribution is 2.35. The van der Waals surface area contributed by atoms with E-state index in [1.165, 1.54) is 0 Å². The molecule has 1 aromatic rings. The Morgan fingerprint density at radius 1 is 1.44 bits per heavy atom. The number of carbonyl (C=O) groups excluding carboxylic acids is 1. The average Bonchev–Trinajstić information content (AvgIpc) is 2.26. The number of hydrogen-bond donors (Lipinski definition) is 0. The fourth-order valence-corrected chi connectivity index (χ4v) is 1.83. The molecule has 0 unspecified atom stereocenters. The van der Waals surface area contributed by atoms with Gasteiger partial charge in [0.25, 0.3) is 6.43 Å². The Kier molecular flexibility index (Phi) is 4.60. The third-order valence-electron chi connectivity index (χ3n) is 1.91. The van der Waals surface area contributed by atoms with E-state index in [9.17, 15) is 26.7 Å². The van der Waals surface area contributed by atoms with E-state index >= 15 is 0 Å². The number of carbonyl (C=O) groups is 1. The van der Waals surface area contributed by atoms with Crippen LogP contribution in [-0.4, -0.2) is 17.6 Å². The van der Waals surface area contributed by atoms with Gasteiger partial charge in [-0.1, -0.05) is 15.9 Å². The van der Waals surface area contributed by atoms with Crippen LogP contribution in [0.3, 0.4) is 0 Å². The third kappa shape index (κ3) is 3.37. The van der Waals surface area contributed by atoms with Gasteiger partial charge in [0.15, 0.2) is 12.0 Å². The number of aldehydes is 1. The molecule has 0 bridgehead atoms. The van der Waals surface area contributed by atoms with Crippen molar-refractivity contribution in [2.24, 2.45) is 0 Å². The first-order valence-corrected chi connectivity index (χ1v) is 5.49. The quantitative estimate of drug-likeness (QED) is 0.480. The highest BCUT2D eigenvalue weighted by atomic mass is 79.9. The van der Waals surface area contributed by atoms with E-state index in [0.29, 0.717) is 6.20 Å². The van der Waals surface area contributed by atoms with Crippen molar-refractivity contribution in [1.29, 1.82) is 0 Å². The first kappa shape index (κ1) is 14.8. The van der Waals surface area contributed by atoms with E-state index in [2.05, 4.69) is 25.7 Å². The smallest absolute Gasteiger partial charge is 0.404 e. The molecule has 100 valence electrons. The minimum atomic E-state index is -5.03. The summed E-state index contributed by atoms with van der Waals surface area (Å²) in [4.78, 5) is 13.7. The summed E-state index contributed by atoms with van der Waals surface area (Å²) in [7, 11) is 0. The van der Waals surface area contributed by atoms with Crippen molar-refractivity contribution in [2.45, 2.75) is 18.1 Å². The number of nitrogens with zero attached hydrogens (tertiary/aromatic N) is 1. The molecule has 1 aromatic heterocycles. The average molecular weight is 334 g/mol. The van der Waals surface area contributed by atoms with Gasteiger partial charge in [-0.05, 0) is 0 Å². The molecule has 0 aromatic carbocycles. The second-order valence-corrected chi connectivity index (χ2v) is 3.56. The van der Waals surface area contributed by atoms with Crippen LogP contribution < -0.4 is 4.74 Å². The van der Waals surface area contributed by atoms with Crippen molar-refractivity contribution in [3.8, 4) is 5.75 Å². The molecule has 3 nitrogen and oxygen atoms in total. The minimum Gasteiger partial charge on any atom is -0.404 e. The summed E-state index contributed by atoms with van der Waals surface area (Å²) >= 11 is 2.77. The number of aromatic nitrogens is 1. The van der Waals surface area contributed by atoms with Crippen molar-refractivity contribution < 1.29 is 31.5 Å². The van der Waals surface area contributed by atoms with E-state index in [1.54, 1.807) is 0 Å². The van der Waals surface area contributed by atoms with Gasteiger partial charge in [0.05, 0.1) is 11.8 Å². The van der Waals surface area contributed by atoms with Crippen molar-refractivity contribution >= 4 is 22.2 Å². The monoisotopic (exact) mass is 333 g/mol. The Hall–Kier alpha value is -1.25. The van der Waals surface area contributed by atoms with E-state index in [4.69, 9.17) is 0 Å². The van der Waals surface area contributed by atoms with Gasteiger partial charge in [0.1, 0.15) is 5.69 Å². The first-order chi connectivity index (χ1) is 8.30. The van der Waals surface area contributed by atoms with Crippen LogP contribution in [0.25, 0.3) is 0 Å². The van der Waals surface area contributed by atoms with Crippen molar-refractivity contribution in [2.75, 3.05) is 0 Å². The fourth-order valence-electron chi connectivity index (χ4n) is 1.25. The van der Waals surface area contributed by atoms with E-state index in [0.717, 1.165) is 0 Å². The number of alkyl halides is 6. The Morgan fingerprint density at radius 2 is 2.06 bits per heavy atom. The standard InChI is InChI=1S/C9H5BrF5NO2/c10-1-4-6(18-9(13,14)15)2-16-5(3-17)7(4)8(11)12/h2-3,8H,1H2. The van der Waals surface area contributed by atoms with Gasteiger partial charge in [0.2, 0.25) is 0 Å². The van der Waals surface area contributed by atoms with Gasteiger partial charge in [-0.2, -0.15) is 0 Å². The Balaban J connectivity index is 3.38. The number of pyridine rings is 1. The number of hydrogen-bond acceptors (Lipinski definition) is 3. The molecule has 0 amide bonds. The molecule has 1 heterocycles. The molecule has 1 rings (SSSR count). The summed E-state index contributed by atoms with van der Waals surface area (Å²) in [5, 5.41) is -0.332. The lowest BCUT2D eigenvalue weighted by atomic mass is 10.1. The summed E-state index contributed by atoms with van der Waals surface area (Å²) in [6.45, 7) is 0. The van der Waals surface area contributed by atoms with Crippen molar-refractivity contribution in [1.82, 2.24) is 4.98 Å². The second-order valence-electron chi connectivity index (χ2n) is 3.00. The van der Waals surface area contributed by atoms with Crippen LogP contribution in [0.1, 0.15) is 28.0 Å².